The molecule has 2 aromatic carbocycles. The van der Waals surface area contributed by atoms with E-state index in [1.807, 2.05) is 48.5 Å². The smallest absolute Gasteiger partial charge is 0.240 e. The molecule has 0 radical (unpaired) electrons. The maximum atomic E-state index is 12.2. The Labute approximate surface area is 150 Å². The summed E-state index contributed by atoms with van der Waals surface area (Å²) in [6.45, 7) is 0.559. The Hall–Kier alpha value is -1.98. The minimum absolute atomic E-state index is 0.0382. The van der Waals surface area contributed by atoms with Crippen LogP contribution in [0.15, 0.2) is 53.4 Å². The van der Waals surface area contributed by atoms with E-state index in [1.54, 1.807) is 4.90 Å². The van der Waals surface area contributed by atoms with Crippen molar-refractivity contribution in [2.75, 3.05) is 23.7 Å². The number of fused-ring (bicyclic) bond motifs is 1. The highest BCUT2D eigenvalue weighted by Crippen LogP contribution is 2.34. The van der Waals surface area contributed by atoms with Crippen molar-refractivity contribution in [3.63, 3.8) is 0 Å². The van der Waals surface area contributed by atoms with E-state index in [0.717, 1.165) is 16.1 Å². The summed E-state index contributed by atoms with van der Waals surface area (Å²) in [7, 11) is 0. The monoisotopic (exact) mass is 360 g/mol. The first kappa shape index (κ1) is 16.9. The normalized spacial score (nSPS) is 13.5. The molecule has 1 aliphatic rings. The van der Waals surface area contributed by atoms with E-state index in [4.69, 9.17) is 11.6 Å². The third-order valence-electron chi connectivity index (χ3n) is 3.73. The van der Waals surface area contributed by atoms with E-state index in [1.165, 1.54) is 11.8 Å². The summed E-state index contributed by atoms with van der Waals surface area (Å²) >= 11 is 7.45. The van der Waals surface area contributed by atoms with Gasteiger partial charge in [0.15, 0.2) is 0 Å². The van der Waals surface area contributed by atoms with Crippen LogP contribution in [0.4, 0.5) is 5.69 Å². The molecule has 4 nitrogen and oxygen atoms in total. The molecule has 0 saturated carbocycles. The molecular formula is C18H17ClN2O2S. The molecule has 0 aromatic heterocycles. The van der Waals surface area contributed by atoms with Crippen LogP contribution in [0.3, 0.4) is 0 Å². The van der Waals surface area contributed by atoms with Gasteiger partial charge in [0.1, 0.15) is 6.54 Å². The third kappa shape index (κ3) is 4.10. The highest BCUT2D eigenvalue weighted by Gasteiger charge is 2.25. The second-order valence-electron chi connectivity index (χ2n) is 5.47. The van der Waals surface area contributed by atoms with E-state index >= 15 is 0 Å². The predicted molar refractivity (Wildman–Crippen MR) is 97.7 cm³/mol. The lowest BCUT2D eigenvalue weighted by Gasteiger charge is -2.28. The lowest BCUT2D eigenvalue weighted by atomic mass is 10.1. The number of thioether (sulfide) groups is 1. The van der Waals surface area contributed by atoms with Gasteiger partial charge in [-0.15, -0.1) is 11.8 Å². The second-order valence-corrected chi connectivity index (χ2v) is 6.92. The molecule has 0 bridgehead atoms. The van der Waals surface area contributed by atoms with Gasteiger partial charge in [-0.05, 0) is 36.2 Å². The van der Waals surface area contributed by atoms with Gasteiger partial charge in [0.05, 0.1) is 11.4 Å². The van der Waals surface area contributed by atoms with E-state index in [-0.39, 0.29) is 18.4 Å². The van der Waals surface area contributed by atoms with Gasteiger partial charge >= 0.3 is 0 Å². The Morgan fingerprint density at radius 1 is 1.21 bits per heavy atom. The molecule has 24 heavy (non-hydrogen) atoms. The molecule has 0 spiro atoms. The molecule has 0 atom stereocenters. The van der Waals surface area contributed by atoms with Crippen LogP contribution in [0.5, 0.6) is 0 Å². The van der Waals surface area contributed by atoms with Crippen LogP contribution in [-0.2, 0) is 16.0 Å². The molecule has 0 fully saturated rings. The zero-order valence-corrected chi connectivity index (χ0v) is 14.6. The molecular weight excluding hydrogens is 344 g/mol. The number of hydrogen-bond donors (Lipinski definition) is 1. The number of anilines is 1. The number of amides is 2. The Morgan fingerprint density at radius 3 is 2.88 bits per heavy atom. The molecule has 0 aliphatic carbocycles. The van der Waals surface area contributed by atoms with Crippen molar-refractivity contribution in [2.24, 2.45) is 0 Å². The van der Waals surface area contributed by atoms with Crippen LogP contribution >= 0.6 is 23.4 Å². The summed E-state index contributed by atoms with van der Waals surface area (Å²) in [4.78, 5) is 26.9. The summed E-state index contributed by atoms with van der Waals surface area (Å²) < 4.78 is 0. The Balaban J connectivity index is 1.56. The van der Waals surface area contributed by atoms with Gasteiger partial charge in [0.25, 0.3) is 0 Å². The SMILES string of the molecule is O=C(CN1C(=O)CSc2ccccc21)NCCc1cccc(Cl)c1. The van der Waals surface area contributed by atoms with E-state index in [2.05, 4.69) is 5.32 Å². The molecule has 2 amide bonds. The van der Waals surface area contributed by atoms with Crippen molar-refractivity contribution in [3.8, 4) is 0 Å². The fraction of sp³-hybridized carbons (Fsp3) is 0.222. The second kappa shape index (κ2) is 7.73. The molecule has 124 valence electrons. The maximum absolute atomic E-state index is 12.2. The Kier molecular flexibility index (Phi) is 5.43. The van der Waals surface area contributed by atoms with Crippen molar-refractivity contribution in [1.82, 2.24) is 5.32 Å². The first-order chi connectivity index (χ1) is 11.6. The summed E-state index contributed by atoms with van der Waals surface area (Å²) in [5, 5.41) is 3.55. The van der Waals surface area contributed by atoms with Gasteiger partial charge in [-0.3, -0.25) is 9.59 Å². The first-order valence-corrected chi connectivity index (χ1v) is 9.03. The molecule has 6 heteroatoms. The number of halogens is 1. The molecule has 1 aliphatic heterocycles. The summed E-state index contributed by atoms with van der Waals surface area (Å²) in [5.74, 6) is 0.170. The molecule has 1 N–H and O–H groups in total. The Bertz CT molecular complexity index is 766. The van der Waals surface area contributed by atoms with Crippen molar-refractivity contribution < 1.29 is 9.59 Å². The zero-order valence-electron chi connectivity index (χ0n) is 13.0. The number of benzene rings is 2. The number of para-hydroxylation sites is 1. The molecule has 0 saturated heterocycles. The third-order valence-corrected chi connectivity index (χ3v) is 5.02. The van der Waals surface area contributed by atoms with Crippen molar-refractivity contribution in [1.29, 1.82) is 0 Å². The van der Waals surface area contributed by atoms with Crippen molar-refractivity contribution in [2.45, 2.75) is 11.3 Å². The van der Waals surface area contributed by atoms with Gasteiger partial charge in [-0.25, -0.2) is 0 Å². The number of carbonyl (C=O) groups excluding carboxylic acids is 2. The average Bonchev–Trinajstić information content (AvgIpc) is 2.58. The van der Waals surface area contributed by atoms with Crippen LogP contribution in [-0.4, -0.2) is 30.7 Å². The predicted octanol–water partition coefficient (Wildman–Crippen LogP) is 3.14. The van der Waals surface area contributed by atoms with Crippen LogP contribution in [0.1, 0.15) is 5.56 Å². The average molecular weight is 361 g/mol. The van der Waals surface area contributed by atoms with Gasteiger partial charge in [-0.1, -0.05) is 35.9 Å². The topological polar surface area (TPSA) is 49.4 Å². The fourth-order valence-corrected chi connectivity index (χ4v) is 3.71. The minimum atomic E-state index is -0.160. The standard InChI is InChI=1S/C18H17ClN2O2S/c19-14-5-3-4-13(10-14)8-9-20-17(22)11-21-15-6-1-2-7-16(15)24-12-18(21)23/h1-7,10H,8-9,11-12H2,(H,20,22). The molecule has 3 rings (SSSR count). The quantitative estimate of drug-likeness (QED) is 0.891. The van der Waals surface area contributed by atoms with Gasteiger partial charge in [-0.2, -0.15) is 0 Å². The number of rotatable bonds is 5. The van der Waals surface area contributed by atoms with E-state index in [9.17, 15) is 9.59 Å². The van der Waals surface area contributed by atoms with Crippen LogP contribution in [0.2, 0.25) is 5.02 Å². The first-order valence-electron chi connectivity index (χ1n) is 7.67. The lowest BCUT2D eigenvalue weighted by Crippen LogP contribution is -2.43. The van der Waals surface area contributed by atoms with Gasteiger partial charge < -0.3 is 10.2 Å². The van der Waals surface area contributed by atoms with Gasteiger partial charge in [0.2, 0.25) is 11.8 Å². The molecule has 0 unspecified atom stereocenters. The number of nitrogens with zero attached hydrogens (tertiary/aromatic N) is 1. The lowest BCUT2D eigenvalue weighted by molar-refractivity contribution is -0.122. The van der Waals surface area contributed by atoms with Crippen LogP contribution < -0.4 is 10.2 Å². The molecule has 2 aromatic rings. The fourth-order valence-electron chi connectivity index (χ4n) is 2.57. The summed E-state index contributed by atoms with van der Waals surface area (Å²) in [5.41, 5.74) is 1.88. The number of hydrogen-bond acceptors (Lipinski definition) is 3. The maximum Gasteiger partial charge on any atom is 0.240 e. The van der Waals surface area contributed by atoms with Crippen molar-refractivity contribution in [3.05, 3.63) is 59.1 Å². The van der Waals surface area contributed by atoms with E-state index in [0.29, 0.717) is 23.7 Å². The van der Waals surface area contributed by atoms with Crippen LogP contribution in [0.25, 0.3) is 0 Å². The molecule has 1 heterocycles. The summed E-state index contributed by atoms with van der Waals surface area (Å²) in [6, 6.07) is 15.2. The minimum Gasteiger partial charge on any atom is -0.354 e. The largest absolute Gasteiger partial charge is 0.354 e. The van der Waals surface area contributed by atoms with Crippen molar-refractivity contribution >= 4 is 40.9 Å². The zero-order chi connectivity index (χ0) is 16.9. The summed E-state index contributed by atoms with van der Waals surface area (Å²) in [6.07, 6.45) is 0.701. The Morgan fingerprint density at radius 2 is 2.04 bits per heavy atom. The number of carbonyl (C=O) groups is 2. The van der Waals surface area contributed by atoms with E-state index < -0.39 is 0 Å². The van der Waals surface area contributed by atoms with Crippen LogP contribution in [0, 0.1) is 0 Å². The highest BCUT2D eigenvalue weighted by atomic mass is 35.5. The highest BCUT2D eigenvalue weighted by molar-refractivity contribution is 8.00. The van der Waals surface area contributed by atoms with Gasteiger partial charge in [0, 0.05) is 16.5 Å². The number of nitrogens with one attached hydrogen (secondary N) is 1.